The number of aliphatic hydroxyl groups is 2. The lowest BCUT2D eigenvalue weighted by Gasteiger charge is -2.61. The summed E-state index contributed by atoms with van der Waals surface area (Å²) in [7, 11) is -4.73. The quantitative estimate of drug-likeness (QED) is 0.0957. The van der Waals surface area contributed by atoms with Crippen LogP contribution in [-0.4, -0.2) is 73.7 Å². The van der Waals surface area contributed by atoms with Gasteiger partial charge in [-0.15, -0.1) is 0 Å². The van der Waals surface area contributed by atoms with E-state index in [0.717, 1.165) is 69.6 Å². The predicted octanol–water partition coefficient (Wildman–Crippen LogP) is 5.30. The molecular formula is C35H69N3O6S. The van der Waals surface area contributed by atoms with E-state index in [4.69, 9.17) is 9.92 Å². The second-order valence-corrected chi connectivity index (χ2v) is 16.6. The van der Waals surface area contributed by atoms with Crippen molar-refractivity contribution in [3.8, 4) is 0 Å². The number of nitrogens with two attached hydrogens (primary N) is 1. The fourth-order valence-corrected chi connectivity index (χ4v) is 10.9. The van der Waals surface area contributed by atoms with Crippen LogP contribution in [0.3, 0.4) is 0 Å². The van der Waals surface area contributed by atoms with Gasteiger partial charge < -0.3 is 26.6 Å². The van der Waals surface area contributed by atoms with Gasteiger partial charge in [0.1, 0.15) is 12.2 Å². The number of hydrogen-bond donors (Lipinski definition) is 6. The van der Waals surface area contributed by atoms with Gasteiger partial charge in [0, 0.05) is 6.04 Å². The Morgan fingerprint density at radius 2 is 1.56 bits per heavy atom. The van der Waals surface area contributed by atoms with Crippen molar-refractivity contribution in [3.05, 3.63) is 0 Å². The second-order valence-electron chi connectivity index (χ2n) is 15.5. The molecule has 0 aromatic carbocycles. The highest BCUT2D eigenvalue weighted by Gasteiger charge is 2.60. The Labute approximate surface area is 275 Å². The van der Waals surface area contributed by atoms with Gasteiger partial charge in [-0.3, -0.25) is 4.55 Å². The van der Waals surface area contributed by atoms with E-state index in [2.05, 4.69) is 24.5 Å². The maximum absolute atomic E-state index is 11.4. The van der Waals surface area contributed by atoms with Gasteiger partial charge in [0.05, 0.1) is 6.10 Å². The molecule has 0 saturated heterocycles. The zero-order valence-corrected chi connectivity index (χ0v) is 30.2. The second kappa shape index (κ2) is 17.4. The number of nitrogens with one attached hydrogen (secondary N) is 2. The molecule has 45 heavy (non-hydrogen) atoms. The fourth-order valence-electron chi connectivity index (χ4n) is 10.3. The summed E-state index contributed by atoms with van der Waals surface area (Å²) < 4.78 is 36.7. The van der Waals surface area contributed by atoms with Crippen molar-refractivity contribution in [2.45, 2.75) is 149 Å². The van der Waals surface area contributed by atoms with Crippen LogP contribution in [0.5, 0.6) is 0 Å². The molecule has 10 unspecified atom stereocenters. The molecule has 0 heterocycles. The maximum atomic E-state index is 11.4. The predicted molar refractivity (Wildman–Crippen MR) is 182 cm³/mol. The Hall–Kier alpha value is -0.330. The first-order valence-electron chi connectivity index (χ1n) is 18.5. The first-order chi connectivity index (χ1) is 21.3. The summed E-state index contributed by atoms with van der Waals surface area (Å²) >= 11 is 0. The van der Waals surface area contributed by atoms with Crippen LogP contribution in [0.1, 0.15) is 125 Å². The van der Waals surface area contributed by atoms with Gasteiger partial charge in [-0.05, 0) is 156 Å². The normalized spacial score (nSPS) is 36.7. The Balaban J connectivity index is 0.00000271. The Morgan fingerprint density at radius 1 is 0.889 bits per heavy atom. The molecule has 0 aliphatic heterocycles. The first-order valence-corrected chi connectivity index (χ1v) is 19.8. The SMILES string of the molecule is CC.CC(C)C(OS(=O)(=O)O)C(O)C(O)CC1CCC2C3CC[C@H]4CC(NCCCNCCCCN)CCC4(C)C3CCC12C. The summed E-state index contributed by atoms with van der Waals surface area (Å²) in [5.74, 6) is 2.83. The average Bonchev–Trinajstić information content (AvgIpc) is 3.33. The third-order valence-electron chi connectivity index (χ3n) is 12.8. The average molecular weight is 660 g/mol. The minimum Gasteiger partial charge on any atom is -0.390 e. The van der Waals surface area contributed by atoms with Crippen LogP contribution >= 0.6 is 0 Å². The van der Waals surface area contributed by atoms with Crippen LogP contribution in [0.4, 0.5) is 0 Å². The van der Waals surface area contributed by atoms with Crippen molar-refractivity contribution in [1.82, 2.24) is 10.6 Å². The highest BCUT2D eigenvalue weighted by molar-refractivity contribution is 7.80. The minimum absolute atomic E-state index is 0.124. The molecule has 4 aliphatic rings. The third kappa shape index (κ3) is 9.64. The lowest BCUT2D eigenvalue weighted by Crippen LogP contribution is -2.55. The van der Waals surface area contributed by atoms with Gasteiger partial charge in [0.15, 0.2) is 0 Å². The maximum Gasteiger partial charge on any atom is 0.397 e. The molecule has 0 amide bonds. The smallest absolute Gasteiger partial charge is 0.390 e. The summed E-state index contributed by atoms with van der Waals surface area (Å²) in [4.78, 5) is 0. The third-order valence-corrected chi connectivity index (χ3v) is 13.2. The Kier molecular flexibility index (Phi) is 15.1. The van der Waals surface area contributed by atoms with Crippen molar-refractivity contribution in [2.75, 3.05) is 26.2 Å². The standard InChI is InChI=1S/C33H63N3O6S.C2H6/c1-22(2)31(42-43(39,40)41)30(38)29(37)21-24-9-11-27-26-10-8-23-20-25(36-19-7-18-35-17-6-5-16-34)12-14-32(23,3)28(26)13-15-33(24,27)4;1-2/h22-31,35-38H,5-21,34H2,1-4H3,(H,39,40,41);1-2H3/t23-,24?,25?,26?,27?,28?,29?,30?,31?,32?,33?;/m0./s1. The molecule has 7 N–H and O–H groups in total. The molecule has 4 aliphatic carbocycles. The van der Waals surface area contributed by atoms with Gasteiger partial charge in [0.25, 0.3) is 0 Å². The van der Waals surface area contributed by atoms with E-state index < -0.39 is 28.7 Å². The van der Waals surface area contributed by atoms with Crippen LogP contribution in [0.2, 0.25) is 0 Å². The monoisotopic (exact) mass is 659 g/mol. The van der Waals surface area contributed by atoms with E-state index in [9.17, 15) is 23.2 Å². The molecule has 0 radical (unpaired) electrons. The van der Waals surface area contributed by atoms with E-state index in [1.807, 2.05) is 13.8 Å². The molecule has 4 saturated carbocycles. The lowest BCUT2D eigenvalue weighted by molar-refractivity contribution is -0.121. The summed E-state index contributed by atoms with van der Waals surface area (Å²) in [5.41, 5.74) is 6.12. The van der Waals surface area contributed by atoms with E-state index in [1.54, 1.807) is 13.8 Å². The Bertz CT molecular complexity index is 984. The van der Waals surface area contributed by atoms with E-state index in [-0.39, 0.29) is 17.3 Å². The summed E-state index contributed by atoms with van der Waals surface area (Å²) in [6.45, 7) is 16.5. The highest BCUT2D eigenvalue weighted by atomic mass is 32.3. The van der Waals surface area contributed by atoms with Crippen molar-refractivity contribution in [1.29, 1.82) is 0 Å². The summed E-state index contributed by atoms with van der Waals surface area (Å²) in [5, 5.41) is 29.4. The van der Waals surface area contributed by atoms with Crippen LogP contribution in [0.25, 0.3) is 0 Å². The molecule has 0 aromatic heterocycles. The molecule has 0 aromatic rings. The summed E-state index contributed by atoms with van der Waals surface area (Å²) in [6.07, 6.45) is 11.3. The van der Waals surface area contributed by atoms with Gasteiger partial charge in [-0.25, -0.2) is 4.18 Å². The minimum atomic E-state index is -4.73. The molecule has 10 heteroatoms. The number of unbranched alkanes of at least 4 members (excludes halogenated alkanes) is 1. The molecular weight excluding hydrogens is 590 g/mol. The van der Waals surface area contributed by atoms with Gasteiger partial charge in [-0.2, -0.15) is 8.42 Å². The molecule has 266 valence electrons. The van der Waals surface area contributed by atoms with Crippen molar-refractivity contribution >= 4 is 10.4 Å². The van der Waals surface area contributed by atoms with E-state index in [1.165, 1.54) is 51.4 Å². The van der Waals surface area contributed by atoms with Crippen LogP contribution in [0.15, 0.2) is 0 Å². The largest absolute Gasteiger partial charge is 0.397 e. The number of rotatable bonds is 16. The molecule has 4 rings (SSSR count). The first kappa shape index (κ1) is 39.1. The molecule has 0 bridgehead atoms. The van der Waals surface area contributed by atoms with E-state index >= 15 is 0 Å². The highest BCUT2D eigenvalue weighted by Crippen LogP contribution is 2.68. The molecule has 4 fully saturated rings. The summed E-state index contributed by atoms with van der Waals surface area (Å²) in [6, 6.07) is 0.643. The van der Waals surface area contributed by atoms with Crippen molar-refractivity contribution < 1.29 is 27.4 Å². The van der Waals surface area contributed by atoms with Crippen molar-refractivity contribution in [2.24, 2.45) is 52.1 Å². The zero-order chi connectivity index (χ0) is 33.4. The number of aliphatic hydroxyl groups excluding tert-OH is 2. The van der Waals surface area contributed by atoms with Crippen LogP contribution < -0.4 is 16.4 Å². The Morgan fingerprint density at radius 3 is 2.22 bits per heavy atom. The molecule has 9 nitrogen and oxygen atoms in total. The van der Waals surface area contributed by atoms with Gasteiger partial charge in [-0.1, -0.05) is 41.5 Å². The molecule has 0 spiro atoms. The van der Waals surface area contributed by atoms with E-state index in [0.29, 0.717) is 23.8 Å². The zero-order valence-electron chi connectivity index (χ0n) is 29.3. The number of fused-ring (bicyclic) bond motifs is 5. The van der Waals surface area contributed by atoms with Gasteiger partial charge in [0.2, 0.25) is 0 Å². The topological polar surface area (TPSA) is 154 Å². The number of hydrogen-bond acceptors (Lipinski definition) is 8. The lowest BCUT2D eigenvalue weighted by atomic mass is 9.44. The van der Waals surface area contributed by atoms with Crippen molar-refractivity contribution in [3.63, 3.8) is 0 Å². The van der Waals surface area contributed by atoms with Crippen LogP contribution in [-0.2, 0) is 14.6 Å². The van der Waals surface area contributed by atoms with Crippen LogP contribution in [0, 0.1) is 46.3 Å². The van der Waals surface area contributed by atoms with Gasteiger partial charge >= 0.3 is 10.4 Å². The fraction of sp³-hybridized carbons (Fsp3) is 1.00. The molecule has 11 atom stereocenters.